The molecule has 1 aromatic heterocycles. The standard InChI is InChI=1S/C19H21N3O4S/c1-3-12-20-18(23)13-21-16-6-4-5-7-17(16)22(19(21)24)27(25,26)15-10-8-14(2)9-11-15/h4-11H,3,12-13H2,1-2H3,(H,20,23). The van der Waals surface area contributed by atoms with E-state index in [-0.39, 0.29) is 22.9 Å². The minimum atomic E-state index is -4.09. The molecule has 8 heteroatoms. The zero-order valence-corrected chi connectivity index (χ0v) is 16.0. The molecule has 0 saturated heterocycles. The molecule has 0 spiro atoms. The highest BCUT2D eigenvalue weighted by atomic mass is 32.2. The summed E-state index contributed by atoms with van der Waals surface area (Å²) in [6, 6.07) is 12.8. The van der Waals surface area contributed by atoms with Crippen molar-refractivity contribution in [1.82, 2.24) is 13.9 Å². The van der Waals surface area contributed by atoms with Gasteiger partial charge in [0.05, 0.1) is 15.9 Å². The summed E-state index contributed by atoms with van der Waals surface area (Å²) in [5.41, 5.74) is 0.788. The number of fused-ring (bicyclic) bond motifs is 1. The lowest BCUT2D eigenvalue weighted by molar-refractivity contribution is -0.121. The number of rotatable bonds is 6. The van der Waals surface area contributed by atoms with Gasteiger partial charge in [0.1, 0.15) is 6.54 Å². The van der Waals surface area contributed by atoms with Gasteiger partial charge in [0.25, 0.3) is 10.0 Å². The van der Waals surface area contributed by atoms with Crippen molar-refractivity contribution in [1.29, 1.82) is 0 Å². The van der Waals surface area contributed by atoms with E-state index in [2.05, 4.69) is 5.32 Å². The second-order valence-electron chi connectivity index (χ2n) is 6.29. The molecule has 0 radical (unpaired) electrons. The second kappa shape index (κ2) is 7.40. The first-order chi connectivity index (χ1) is 12.9. The summed E-state index contributed by atoms with van der Waals surface area (Å²) in [7, 11) is -4.09. The van der Waals surface area contributed by atoms with Gasteiger partial charge in [0.2, 0.25) is 5.91 Å². The summed E-state index contributed by atoms with van der Waals surface area (Å²) in [5, 5.41) is 2.70. The van der Waals surface area contributed by atoms with Crippen LogP contribution in [-0.2, 0) is 21.4 Å². The monoisotopic (exact) mass is 387 g/mol. The fourth-order valence-corrected chi connectivity index (χ4v) is 4.25. The zero-order valence-electron chi connectivity index (χ0n) is 15.2. The summed E-state index contributed by atoms with van der Waals surface area (Å²) >= 11 is 0. The average Bonchev–Trinajstić information content (AvgIpc) is 2.93. The Hall–Kier alpha value is -2.87. The van der Waals surface area contributed by atoms with Crippen LogP contribution in [0, 0.1) is 6.92 Å². The Morgan fingerprint density at radius 3 is 2.30 bits per heavy atom. The number of imidazole rings is 1. The van der Waals surface area contributed by atoms with Crippen molar-refractivity contribution in [3.63, 3.8) is 0 Å². The molecule has 0 saturated carbocycles. The second-order valence-corrected chi connectivity index (χ2v) is 8.08. The molecule has 3 rings (SSSR count). The number of para-hydroxylation sites is 2. The van der Waals surface area contributed by atoms with E-state index < -0.39 is 15.7 Å². The number of hydrogen-bond donors (Lipinski definition) is 1. The van der Waals surface area contributed by atoms with E-state index in [1.54, 1.807) is 36.4 Å². The van der Waals surface area contributed by atoms with Crippen molar-refractivity contribution in [2.24, 2.45) is 0 Å². The Kier molecular flexibility index (Phi) is 5.18. The minimum absolute atomic E-state index is 0.0218. The van der Waals surface area contributed by atoms with Crippen molar-refractivity contribution < 1.29 is 13.2 Å². The van der Waals surface area contributed by atoms with Crippen LogP contribution in [0.15, 0.2) is 58.2 Å². The Bertz CT molecular complexity index is 1140. The quantitative estimate of drug-likeness (QED) is 0.699. The van der Waals surface area contributed by atoms with E-state index in [0.29, 0.717) is 12.1 Å². The Morgan fingerprint density at radius 1 is 1.04 bits per heavy atom. The van der Waals surface area contributed by atoms with Crippen LogP contribution in [0.25, 0.3) is 11.0 Å². The molecule has 0 aliphatic rings. The smallest absolute Gasteiger partial charge is 0.343 e. The van der Waals surface area contributed by atoms with Gasteiger partial charge in [0.15, 0.2) is 0 Å². The van der Waals surface area contributed by atoms with E-state index in [0.717, 1.165) is 16.0 Å². The van der Waals surface area contributed by atoms with Gasteiger partial charge in [-0.25, -0.2) is 13.2 Å². The molecule has 0 fully saturated rings. The molecule has 1 N–H and O–H groups in total. The van der Waals surface area contributed by atoms with Gasteiger partial charge >= 0.3 is 5.69 Å². The molecule has 2 aromatic carbocycles. The molecule has 3 aromatic rings. The van der Waals surface area contributed by atoms with Gasteiger partial charge in [-0.05, 0) is 37.6 Å². The summed E-state index contributed by atoms with van der Waals surface area (Å²) < 4.78 is 28.2. The minimum Gasteiger partial charge on any atom is -0.355 e. The molecule has 0 aliphatic heterocycles. The van der Waals surface area contributed by atoms with Crippen LogP contribution in [0.2, 0.25) is 0 Å². The highest BCUT2D eigenvalue weighted by molar-refractivity contribution is 7.90. The van der Waals surface area contributed by atoms with Crippen LogP contribution in [0.4, 0.5) is 0 Å². The average molecular weight is 387 g/mol. The number of carbonyl (C=O) groups is 1. The van der Waals surface area contributed by atoms with Gasteiger partial charge in [-0.2, -0.15) is 3.97 Å². The highest BCUT2D eigenvalue weighted by Crippen LogP contribution is 2.20. The molecular formula is C19H21N3O4S. The van der Waals surface area contributed by atoms with E-state index >= 15 is 0 Å². The number of aryl methyl sites for hydroxylation is 1. The first-order valence-electron chi connectivity index (χ1n) is 8.65. The Labute approximate surface area is 157 Å². The molecule has 0 bridgehead atoms. The molecule has 0 unspecified atom stereocenters. The molecule has 0 atom stereocenters. The van der Waals surface area contributed by atoms with Crippen molar-refractivity contribution in [3.8, 4) is 0 Å². The third-order valence-corrected chi connectivity index (χ3v) is 5.93. The molecule has 142 valence electrons. The maximum absolute atomic E-state index is 13.1. The third kappa shape index (κ3) is 3.52. The number of nitrogens with one attached hydrogen (secondary N) is 1. The third-order valence-electron chi connectivity index (χ3n) is 4.23. The first kappa shape index (κ1) is 18.9. The fraction of sp³-hybridized carbons (Fsp3) is 0.263. The number of carbonyl (C=O) groups excluding carboxylic acids is 1. The summed E-state index contributed by atoms with van der Waals surface area (Å²) in [4.78, 5) is 25.1. The molecule has 1 amide bonds. The number of aromatic nitrogens is 2. The Balaban J connectivity index is 2.17. The van der Waals surface area contributed by atoms with Gasteiger partial charge in [0, 0.05) is 6.54 Å². The van der Waals surface area contributed by atoms with Crippen molar-refractivity contribution in [3.05, 3.63) is 64.6 Å². The summed E-state index contributed by atoms with van der Waals surface area (Å²) in [5.74, 6) is -0.338. The summed E-state index contributed by atoms with van der Waals surface area (Å²) in [6.07, 6.45) is 0.768. The number of amides is 1. The Morgan fingerprint density at radius 2 is 1.67 bits per heavy atom. The molecule has 0 aliphatic carbocycles. The zero-order chi connectivity index (χ0) is 19.6. The lowest BCUT2D eigenvalue weighted by Crippen LogP contribution is -2.35. The number of hydrogen-bond acceptors (Lipinski definition) is 4. The van der Waals surface area contributed by atoms with Crippen LogP contribution in [0.5, 0.6) is 0 Å². The summed E-state index contributed by atoms with van der Waals surface area (Å²) in [6.45, 7) is 4.03. The lowest BCUT2D eigenvalue weighted by atomic mass is 10.2. The van der Waals surface area contributed by atoms with E-state index in [9.17, 15) is 18.0 Å². The fourth-order valence-electron chi connectivity index (χ4n) is 2.84. The van der Waals surface area contributed by atoms with Gasteiger partial charge < -0.3 is 5.32 Å². The maximum Gasteiger partial charge on any atom is 0.343 e. The largest absolute Gasteiger partial charge is 0.355 e. The molecular weight excluding hydrogens is 366 g/mol. The van der Waals surface area contributed by atoms with Crippen molar-refractivity contribution in [2.45, 2.75) is 31.7 Å². The molecule has 27 heavy (non-hydrogen) atoms. The van der Waals surface area contributed by atoms with Gasteiger partial charge in [-0.1, -0.05) is 36.8 Å². The van der Waals surface area contributed by atoms with E-state index in [4.69, 9.17) is 0 Å². The molecule has 1 heterocycles. The lowest BCUT2D eigenvalue weighted by Gasteiger charge is -2.06. The van der Waals surface area contributed by atoms with E-state index in [1.165, 1.54) is 16.7 Å². The number of nitrogens with zero attached hydrogens (tertiary/aromatic N) is 2. The predicted molar refractivity (Wildman–Crippen MR) is 103 cm³/mol. The van der Waals surface area contributed by atoms with E-state index in [1.807, 2.05) is 13.8 Å². The topological polar surface area (TPSA) is 90.2 Å². The van der Waals surface area contributed by atoms with Crippen LogP contribution < -0.4 is 11.0 Å². The molecule has 7 nitrogen and oxygen atoms in total. The van der Waals surface area contributed by atoms with Gasteiger partial charge in [-0.15, -0.1) is 0 Å². The SMILES string of the molecule is CCCNC(=O)Cn1c(=O)n(S(=O)(=O)c2ccc(C)cc2)c2ccccc21. The van der Waals surface area contributed by atoms with Gasteiger partial charge in [-0.3, -0.25) is 9.36 Å². The first-order valence-corrected chi connectivity index (χ1v) is 10.1. The van der Waals surface area contributed by atoms with Crippen molar-refractivity contribution >= 4 is 27.0 Å². The number of benzene rings is 2. The van der Waals surface area contributed by atoms with Crippen LogP contribution in [-0.4, -0.2) is 29.4 Å². The van der Waals surface area contributed by atoms with Crippen LogP contribution >= 0.6 is 0 Å². The van der Waals surface area contributed by atoms with Crippen molar-refractivity contribution in [2.75, 3.05) is 6.54 Å². The maximum atomic E-state index is 13.1. The normalized spacial score (nSPS) is 11.6. The van der Waals surface area contributed by atoms with Crippen LogP contribution in [0.3, 0.4) is 0 Å². The predicted octanol–water partition coefficient (Wildman–Crippen LogP) is 1.87. The highest BCUT2D eigenvalue weighted by Gasteiger charge is 2.25. The van der Waals surface area contributed by atoms with Crippen LogP contribution in [0.1, 0.15) is 18.9 Å².